The van der Waals surface area contributed by atoms with Gasteiger partial charge in [-0.05, 0) is 30.9 Å². The van der Waals surface area contributed by atoms with Gasteiger partial charge in [0.2, 0.25) is 11.8 Å². The molecule has 0 aliphatic carbocycles. The Morgan fingerprint density at radius 1 is 1.21 bits per heavy atom. The lowest BCUT2D eigenvalue weighted by Gasteiger charge is -2.30. The lowest BCUT2D eigenvalue weighted by Crippen LogP contribution is -2.50. The second kappa shape index (κ2) is 7.51. The van der Waals surface area contributed by atoms with Crippen molar-refractivity contribution in [3.05, 3.63) is 36.0 Å². The van der Waals surface area contributed by atoms with Crippen LogP contribution in [0.2, 0.25) is 0 Å². The molecule has 1 aromatic carbocycles. The van der Waals surface area contributed by atoms with Crippen LogP contribution < -0.4 is 5.32 Å². The molecule has 24 heavy (non-hydrogen) atoms. The van der Waals surface area contributed by atoms with Crippen LogP contribution in [-0.2, 0) is 16.0 Å². The van der Waals surface area contributed by atoms with Crippen LogP contribution >= 0.6 is 0 Å². The van der Waals surface area contributed by atoms with Crippen LogP contribution in [0.5, 0.6) is 0 Å². The number of hydrogen-bond acceptors (Lipinski definition) is 2. The Bertz CT molecular complexity index is 716. The molecule has 2 heterocycles. The van der Waals surface area contributed by atoms with Crippen molar-refractivity contribution in [2.24, 2.45) is 0 Å². The van der Waals surface area contributed by atoms with Crippen LogP contribution in [-0.4, -0.2) is 40.8 Å². The number of nitrogens with one attached hydrogen (secondary N) is 2. The molecule has 0 saturated carbocycles. The standard InChI is InChI=1S/C19H25N3O2/c1-2-18(23)21-17(19(24)22-10-6-3-7-11-22)12-14-13-20-16-9-5-4-8-15(14)16/h4-5,8-9,13,17,20H,2-3,6-7,10-12H2,1H3,(H,21,23). The molecule has 5 nitrogen and oxygen atoms in total. The molecule has 1 unspecified atom stereocenters. The van der Waals surface area contributed by atoms with Gasteiger partial charge in [0.15, 0.2) is 0 Å². The third-order valence-electron chi connectivity index (χ3n) is 4.72. The summed E-state index contributed by atoms with van der Waals surface area (Å²) in [6.07, 6.45) is 6.13. The fraction of sp³-hybridized carbons (Fsp3) is 0.474. The van der Waals surface area contributed by atoms with Crippen molar-refractivity contribution in [2.45, 2.75) is 45.1 Å². The van der Waals surface area contributed by atoms with Crippen molar-refractivity contribution in [1.29, 1.82) is 0 Å². The number of para-hydroxylation sites is 1. The van der Waals surface area contributed by atoms with Crippen molar-refractivity contribution in [3.63, 3.8) is 0 Å². The summed E-state index contributed by atoms with van der Waals surface area (Å²) >= 11 is 0. The number of hydrogen-bond donors (Lipinski definition) is 2. The van der Waals surface area contributed by atoms with Gasteiger partial charge in [0.1, 0.15) is 6.04 Å². The van der Waals surface area contributed by atoms with E-state index in [9.17, 15) is 9.59 Å². The Kier molecular flexibility index (Phi) is 5.18. The van der Waals surface area contributed by atoms with Crippen LogP contribution in [0.1, 0.15) is 38.2 Å². The Balaban J connectivity index is 1.81. The molecule has 2 N–H and O–H groups in total. The number of fused-ring (bicyclic) bond motifs is 1. The fourth-order valence-electron chi connectivity index (χ4n) is 3.35. The highest BCUT2D eigenvalue weighted by Crippen LogP contribution is 2.20. The van der Waals surface area contributed by atoms with Crippen LogP contribution in [0, 0.1) is 0 Å². The maximum atomic E-state index is 12.9. The number of piperidine rings is 1. The zero-order valence-corrected chi connectivity index (χ0v) is 14.2. The average molecular weight is 327 g/mol. The number of amides is 2. The molecule has 1 atom stereocenters. The third kappa shape index (κ3) is 3.61. The van der Waals surface area contributed by atoms with E-state index < -0.39 is 6.04 Å². The average Bonchev–Trinajstić information content (AvgIpc) is 3.04. The van der Waals surface area contributed by atoms with Crippen molar-refractivity contribution < 1.29 is 9.59 Å². The number of carbonyl (C=O) groups is 2. The van der Waals surface area contributed by atoms with E-state index in [2.05, 4.69) is 10.3 Å². The van der Waals surface area contributed by atoms with E-state index in [0.717, 1.165) is 42.4 Å². The molecular weight excluding hydrogens is 302 g/mol. The SMILES string of the molecule is CCC(=O)NC(Cc1c[nH]c2ccccc12)C(=O)N1CCCCC1. The number of likely N-dealkylation sites (tertiary alicyclic amines) is 1. The summed E-state index contributed by atoms with van der Waals surface area (Å²) in [6.45, 7) is 3.40. The minimum absolute atomic E-state index is 0.0433. The lowest BCUT2D eigenvalue weighted by atomic mass is 10.0. The number of rotatable bonds is 5. The van der Waals surface area contributed by atoms with Gasteiger partial charge >= 0.3 is 0 Å². The van der Waals surface area contributed by atoms with E-state index in [-0.39, 0.29) is 11.8 Å². The van der Waals surface area contributed by atoms with Crippen LogP contribution in [0.15, 0.2) is 30.5 Å². The minimum Gasteiger partial charge on any atom is -0.361 e. The number of H-pyrrole nitrogens is 1. The molecule has 128 valence electrons. The van der Waals surface area contributed by atoms with Gasteiger partial charge < -0.3 is 15.2 Å². The zero-order valence-electron chi connectivity index (χ0n) is 14.2. The lowest BCUT2D eigenvalue weighted by molar-refractivity contribution is -0.137. The van der Waals surface area contributed by atoms with Crippen molar-refractivity contribution >= 4 is 22.7 Å². The predicted molar refractivity (Wildman–Crippen MR) is 94.7 cm³/mol. The molecule has 1 aromatic heterocycles. The largest absolute Gasteiger partial charge is 0.361 e. The topological polar surface area (TPSA) is 65.2 Å². The maximum Gasteiger partial charge on any atom is 0.245 e. The van der Waals surface area contributed by atoms with Crippen LogP contribution in [0.4, 0.5) is 0 Å². The van der Waals surface area contributed by atoms with E-state index in [1.54, 1.807) is 0 Å². The van der Waals surface area contributed by atoms with Crippen LogP contribution in [0.3, 0.4) is 0 Å². The number of aromatic nitrogens is 1. The highest BCUT2D eigenvalue weighted by atomic mass is 16.2. The van der Waals surface area contributed by atoms with Gasteiger partial charge in [0, 0.05) is 43.0 Å². The van der Waals surface area contributed by atoms with Gasteiger partial charge in [0.05, 0.1) is 0 Å². The van der Waals surface area contributed by atoms with Gasteiger partial charge in [-0.2, -0.15) is 0 Å². The quantitative estimate of drug-likeness (QED) is 0.886. The number of benzene rings is 1. The second-order valence-electron chi connectivity index (χ2n) is 6.42. The van der Waals surface area contributed by atoms with Gasteiger partial charge in [-0.3, -0.25) is 9.59 Å². The summed E-state index contributed by atoms with van der Waals surface area (Å²) in [5.74, 6) is -0.0352. The van der Waals surface area contributed by atoms with Crippen molar-refractivity contribution in [1.82, 2.24) is 15.2 Å². The Morgan fingerprint density at radius 3 is 2.71 bits per heavy atom. The first-order valence-electron chi connectivity index (χ1n) is 8.82. The molecule has 1 aliphatic heterocycles. The molecule has 1 saturated heterocycles. The molecule has 2 amide bonds. The molecule has 3 rings (SSSR count). The van der Waals surface area contributed by atoms with Gasteiger partial charge in [0.25, 0.3) is 0 Å². The fourth-order valence-corrected chi connectivity index (χ4v) is 3.35. The van der Waals surface area contributed by atoms with E-state index in [4.69, 9.17) is 0 Å². The predicted octanol–water partition coefficient (Wildman–Crippen LogP) is 2.62. The van der Waals surface area contributed by atoms with Crippen molar-refractivity contribution in [3.8, 4) is 0 Å². The Labute approximate surface area is 142 Å². The van der Waals surface area contributed by atoms with E-state index in [0.29, 0.717) is 12.8 Å². The van der Waals surface area contributed by atoms with Crippen LogP contribution in [0.25, 0.3) is 10.9 Å². The molecule has 1 aliphatic rings. The normalized spacial score (nSPS) is 16.1. The smallest absolute Gasteiger partial charge is 0.245 e. The molecular formula is C19H25N3O2. The summed E-state index contributed by atoms with van der Waals surface area (Å²) < 4.78 is 0. The Morgan fingerprint density at radius 2 is 1.96 bits per heavy atom. The summed E-state index contributed by atoms with van der Waals surface area (Å²) in [7, 11) is 0. The summed E-state index contributed by atoms with van der Waals surface area (Å²) in [5, 5.41) is 4.03. The monoisotopic (exact) mass is 327 g/mol. The van der Waals surface area contributed by atoms with E-state index in [1.165, 1.54) is 6.42 Å². The summed E-state index contributed by atoms with van der Waals surface area (Å²) in [4.78, 5) is 30.0. The first kappa shape index (κ1) is 16.6. The van der Waals surface area contributed by atoms with Gasteiger partial charge in [-0.25, -0.2) is 0 Å². The molecule has 0 bridgehead atoms. The molecule has 2 aromatic rings. The third-order valence-corrected chi connectivity index (χ3v) is 4.72. The summed E-state index contributed by atoms with van der Waals surface area (Å²) in [6, 6.07) is 7.55. The van der Waals surface area contributed by atoms with E-state index in [1.807, 2.05) is 42.3 Å². The second-order valence-corrected chi connectivity index (χ2v) is 6.42. The minimum atomic E-state index is -0.491. The first-order chi connectivity index (χ1) is 11.7. The van der Waals surface area contributed by atoms with Gasteiger partial charge in [-0.15, -0.1) is 0 Å². The maximum absolute atomic E-state index is 12.9. The van der Waals surface area contributed by atoms with Gasteiger partial charge in [-0.1, -0.05) is 25.1 Å². The highest BCUT2D eigenvalue weighted by Gasteiger charge is 2.27. The number of carbonyl (C=O) groups excluding carboxylic acids is 2. The Hall–Kier alpha value is -2.30. The zero-order chi connectivity index (χ0) is 16.9. The molecule has 0 spiro atoms. The molecule has 1 fully saturated rings. The van der Waals surface area contributed by atoms with E-state index >= 15 is 0 Å². The van der Waals surface area contributed by atoms with Crippen molar-refractivity contribution in [2.75, 3.05) is 13.1 Å². The summed E-state index contributed by atoms with van der Waals surface area (Å²) in [5.41, 5.74) is 2.12. The first-order valence-corrected chi connectivity index (χ1v) is 8.82. The molecule has 0 radical (unpaired) electrons. The highest BCUT2D eigenvalue weighted by molar-refractivity contribution is 5.89. The molecule has 5 heteroatoms. The number of aromatic amines is 1. The number of nitrogens with zero attached hydrogens (tertiary/aromatic N) is 1.